The van der Waals surface area contributed by atoms with Gasteiger partial charge in [0.05, 0.1) is 19.5 Å². The molecule has 0 fully saturated rings. The van der Waals surface area contributed by atoms with E-state index in [1.54, 1.807) is 20.2 Å². The molecule has 0 unspecified atom stereocenters. The molecule has 140 valence electrons. The van der Waals surface area contributed by atoms with Crippen molar-refractivity contribution in [1.82, 2.24) is 14.1 Å². The van der Waals surface area contributed by atoms with Crippen molar-refractivity contribution in [2.24, 2.45) is 11.1 Å². The number of nitrogens with two attached hydrogens (primary N) is 1. The summed E-state index contributed by atoms with van der Waals surface area (Å²) < 4.78 is 33.5. The van der Waals surface area contributed by atoms with E-state index in [9.17, 15) is 8.42 Å². The van der Waals surface area contributed by atoms with Crippen molar-refractivity contribution in [2.45, 2.75) is 18.7 Å². The Balaban J connectivity index is 0.00000312. The van der Waals surface area contributed by atoms with Crippen LogP contribution in [0.3, 0.4) is 0 Å². The van der Waals surface area contributed by atoms with Gasteiger partial charge in [0.15, 0.2) is 0 Å². The average Bonchev–Trinajstić information content (AvgIpc) is 3.05. The van der Waals surface area contributed by atoms with Crippen molar-refractivity contribution in [3.63, 3.8) is 0 Å². The lowest BCUT2D eigenvalue weighted by molar-refractivity contribution is 0.292. The molecule has 7 nitrogen and oxygen atoms in total. The summed E-state index contributed by atoms with van der Waals surface area (Å²) in [4.78, 5) is 0.128. The van der Waals surface area contributed by atoms with Crippen molar-refractivity contribution in [1.29, 1.82) is 0 Å². The van der Waals surface area contributed by atoms with Gasteiger partial charge in [-0.05, 0) is 24.1 Å². The zero-order valence-corrected chi connectivity index (χ0v) is 16.5. The van der Waals surface area contributed by atoms with Crippen LogP contribution in [0.15, 0.2) is 41.6 Å². The summed E-state index contributed by atoms with van der Waals surface area (Å²) in [5, 5.41) is 4.17. The van der Waals surface area contributed by atoms with Gasteiger partial charge in [0.25, 0.3) is 0 Å². The van der Waals surface area contributed by atoms with Crippen molar-refractivity contribution in [3.8, 4) is 11.4 Å². The minimum absolute atomic E-state index is 0. The molecule has 0 aliphatic heterocycles. The number of sulfonamides is 1. The van der Waals surface area contributed by atoms with Gasteiger partial charge in [-0.15, -0.1) is 12.4 Å². The third kappa shape index (κ3) is 4.72. The highest BCUT2D eigenvalue weighted by Gasteiger charge is 2.28. The second-order valence-corrected chi connectivity index (χ2v) is 8.47. The quantitative estimate of drug-likeness (QED) is 0.782. The maximum absolute atomic E-state index is 12.7. The number of benzene rings is 1. The third-order valence-corrected chi connectivity index (χ3v) is 5.56. The summed E-state index contributed by atoms with van der Waals surface area (Å²) in [6, 6.07) is 7.28. The van der Waals surface area contributed by atoms with Crippen LogP contribution in [0, 0.1) is 5.41 Å². The third-order valence-electron chi connectivity index (χ3n) is 3.80. The van der Waals surface area contributed by atoms with Crippen LogP contribution in [-0.2, 0) is 10.0 Å². The zero-order chi connectivity index (χ0) is 18.0. The smallest absolute Gasteiger partial charge is 0.245 e. The van der Waals surface area contributed by atoms with E-state index >= 15 is 0 Å². The van der Waals surface area contributed by atoms with Crippen LogP contribution in [0.4, 0.5) is 0 Å². The van der Waals surface area contributed by atoms with Crippen LogP contribution >= 0.6 is 12.4 Å². The zero-order valence-electron chi connectivity index (χ0n) is 14.8. The Kier molecular flexibility index (Phi) is 7.01. The van der Waals surface area contributed by atoms with E-state index in [0.29, 0.717) is 24.5 Å². The lowest BCUT2D eigenvalue weighted by Gasteiger charge is -2.28. The molecular weight excluding hydrogens is 364 g/mol. The summed E-state index contributed by atoms with van der Waals surface area (Å²) in [7, 11) is -0.528. The summed E-state index contributed by atoms with van der Waals surface area (Å²) in [5.74, 6) is 0.613. The second kappa shape index (κ2) is 8.18. The van der Waals surface area contributed by atoms with E-state index < -0.39 is 10.0 Å². The van der Waals surface area contributed by atoms with Crippen LogP contribution in [-0.4, -0.2) is 49.8 Å². The highest BCUT2D eigenvalue weighted by Crippen LogP contribution is 2.24. The topological polar surface area (TPSA) is 90.5 Å². The summed E-state index contributed by atoms with van der Waals surface area (Å²) >= 11 is 0. The summed E-state index contributed by atoms with van der Waals surface area (Å²) in [6.45, 7) is 4.58. The number of aromatic nitrogens is 2. The molecule has 2 N–H and O–H groups in total. The Hall–Kier alpha value is -1.61. The van der Waals surface area contributed by atoms with Crippen molar-refractivity contribution < 1.29 is 13.2 Å². The number of methoxy groups -OCH3 is 1. The van der Waals surface area contributed by atoms with Gasteiger partial charge in [-0.3, -0.25) is 0 Å². The van der Waals surface area contributed by atoms with Gasteiger partial charge in [-0.1, -0.05) is 26.0 Å². The maximum atomic E-state index is 12.7. The first-order valence-corrected chi connectivity index (χ1v) is 9.00. The normalized spacial score (nSPS) is 12.1. The predicted octanol–water partition coefficient (Wildman–Crippen LogP) is 1.91. The predicted molar refractivity (Wildman–Crippen MR) is 100 cm³/mol. The highest BCUT2D eigenvalue weighted by molar-refractivity contribution is 7.89. The molecule has 0 aliphatic rings. The monoisotopic (exact) mass is 388 g/mol. The first kappa shape index (κ1) is 21.4. The van der Waals surface area contributed by atoms with E-state index in [0.717, 1.165) is 0 Å². The Morgan fingerprint density at radius 3 is 2.56 bits per heavy atom. The lowest BCUT2D eigenvalue weighted by atomic mass is 9.94. The van der Waals surface area contributed by atoms with Gasteiger partial charge >= 0.3 is 0 Å². The van der Waals surface area contributed by atoms with E-state index in [-0.39, 0.29) is 22.7 Å². The first-order chi connectivity index (χ1) is 11.2. The minimum Gasteiger partial charge on any atom is -0.494 e. The standard InChI is InChI=1S/C16H24N4O3S.ClH/c1-16(2,11-17)12-19(3)24(21,22)13-9-18-20(10-13)14-7-5-6-8-15(14)23-4;/h5-10H,11-12,17H2,1-4H3;1H. The van der Waals surface area contributed by atoms with Gasteiger partial charge in [0.2, 0.25) is 10.0 Å². The number of nitrogens with zero attached hydrogens (tertiary/aromatic N) is 3. The van der Waals surface area contributed by atoms with Gasteiger partial charge < -0.3 is 10.5 Å². The molecule has 0 saturated heterocycles. The number of rotatable bonds is 7. The fraction of sp³-hybridized carbons (Fsp3) is 0.438. The van der Waals surface area contributed by atoms with Crippen molar-refractivity contribution >= 4 is 22.4 Å². The van der Waals surface area contributed by atoms with Crippen molar-refractivity contribution in [2.75, 3.05) is 27.2 Å². The number of halogens is 1. The molecule has 9 heteroatoms. The highest BCUT2D eigenvalue weighted by atomic mass is 35.5. The largest absolute Gasteiger partial charge is 0.494 e. The van der Waals surface area contributed by atoms with E-state index in [2.05, 4.69) is 5.10 Å². The Morgan fingerprint density at radius 2 is 1.96 bits per heavy atom. The summed E-state index contributed by atoms with van der Waals surface area (Å²) in [5.41, 5.74) is 6.06. The first-order valence-electron chi connectivity index (χ1n) is 7.56. The van der Waals surface area contributed by atoms with E-state index in [1.165, 1.54) is 21.4 Å². The molecule has 0 spiro atoms. The average molecular weight is 389 g/mol. The van der Waals surface area contributed by atoms with Crippen LogP contribution in [0.1, 0.15) is 13.8 Å². The van der Waals surface area contributed by atoms with E-state index in [1.807, 2.05) is 32.0 Å². The minimum atomic E-state index is -3.64. The number of hydrogen-bond donors (Lipinski definition) is 1. The fourth-order valence-electron chi connectivity index (χ4n) is 2.32. The Labute approximate surface area is 155 Å². The molecule has 0 amide bonds. The van der Waals surface area contributed by atoms with Gasteiger partial charge in [-0.2, -0.15) is 5.10 Å². The fourth-order valence-corrected chi connectivity index (χ4v) is 3.62. The molecule has 2 aromatic rings. The molecule has 1 aromatic carbocycles. The molecule has 0 bridgehead atoms. The molecule has 2 rings (SSSR count). The lowest BCUT2D eigenvalue weighted by Crippen LogP contribution is -2.39. The molecule has 25 heavy (non-hydrogen) atoms. The Bertz CT molecular complexity index is 805. The van der Waals surface area contributed by atoms with Crippen LogP contribution in [0.2, 0.25) is 0 Å². The van der Waals surface area contributed by atoms with Gasteiger partial charge in [-0.25, -0.2) is 17.4 Å². The number of para-hydroxylation sites is 2. The Morgan fingerprint density at radius 1 is 1.32 bits per heavy atom. The van der Waals surface area contributed by atoms with Crippen LogP contribution in [0.25, 0.3) is 5.69 Å². The van der Waals surface area contributed by atoms with Crippen molar-refractivity contribution in [3.05, 3.63) is 36.7 Å². The molecule has 0 radical (unpaired) electrons. The molecule has 1 heterocycles. The van der Waals surface area contributed by atoms with E-state index in [4.69, 9.17) is 10.5 Å². The van der Waals surface area contributed by atoms with Gasteiger partial charge in [0, 0.05) is 13.6 Å². The maximum Gasteiger partial charge on any atom is 0.245 e. The molecule has 0 saturated carbocycles. The van der Waals surface area contributed by atoms with Crippen LogP contribution in [0.5, 0.6) is 5.75 Å². The second-order valence-electron chi connectivity index (χ2n) is 6.42. The molecule has 0 atom stereocenters. The molecular formula is C16H25ClN4O3S. The molecule has 0 aliphatic carbocycles. The molecule has 1 aromatic heterocycles. The SMILES string of the molecule is COc1ccccc1-n1cc(S(=O)(=O)N(C)CC(C)(C)CN)cn1.Cl. The van der Waals surface area contributed by atoms with Crippen LogP contribution < -0.4 is 10.5 Å². The number of hydrogen-bond acceptors (Lipinski definition) is 5. The number of ether oxygens (including phenoxy) is 1. The van der Waals surface area contributed by atoms with Gasteiger partial charge in [0.1, 0.15) is 16.3 Å². The summed E-state index contributed by atoms with van der Waals surface area (Å²) in [6.07, 6.45) is 2.83.